The van der Waals surface area contributed by atoms with Crippen LogP contribution in [0.3, 0.4) is 0 Å². The van der Waals surface area contributed by atoms with Gasteiger partial charge in [0.1, 0.15) is 15.5 Å². The highest BCUT2D eigenvalue weighted by molar-refractivity contribution is 7.21. The molecule has 7 nitrogen and oxygen atoms in total. The summed E-state index contributed by atoms with van der Waals surface area (Å²) in [5.41, 5.74) is 11.4. The fraction of sp³-hybridized carbons (Fsp3) is 0.480. The lowest BCUT2D eigenvalue weighted by molar-refractivity contribution is 0.0938. The summed E-state index contributed by atoms with van der Waals surface area (Å²) < 4.78 is 0. The third kappa shape index (κ3) is 3.56. The molecular formula is C25H30N6OS. The van der Waals surface area contributed by atoms with Gasteiger partial charge >= 0.3 is 0 Å². The van der Waals surface area contributed by atoms with Crippen molar-refractivity contribution in [2.45, 2.75) is 51.6 Å². The van der Waals surface area contributed by atoms with Crippen LogP contribution in [0.5, 0.6) is 0 Å². The zero-order chi connectivity index (χ0) is 22.7. The third-order valence-corrected chi connectivity index (χ3v) is 8.65. The lowest BCUT2D eigenvalue weighted by Crippen LogP contribution is -2.39. The molecule has 0 unspecified atom stereocenters. The SMILES string of the molecule is Cc1cc(C)c2c(N)c(C(=O)N[C@H]3CCc4nc(N5CC[C@@H]6CNC[C@@H]65)ccc4C3)sc2n1. The predicted octanol–water partition coefficient (Wildman–Crippen LogP) is 2.98. The van der Waals surface area contributed by atoms with Crippen LogP contribution in [-0.2, 0) is 12.8 Å². The van der Waals surface area contributed by atoms with Gasteiger partial charge in [0.25, 0.3) is 5.91 Å². The lowest BCUT2D eigenvalue weighted by atomic mass is 9.91. The van der Waals surface area contributed by atoms with Crippen LogP contribution >= 0.6 is 11.3 Å². The molecule has 5 heterocycles. The molecule has 1 amide bonds. The number of aromatic nitrogens is 2. The Morgan fingerprint density at radius 1 is 1.24 bits per heavy atom. The second-order valence-corrected chi connectivity index (χ2v) is 10.8. The van der Waals surface area contributed by atoms with Gasteiger partial charge in [-0.15, -0.1) is 11.3 Å². The summed E-state index contributed by atoms with van der Waals surface area (Å²) >= 11 is 1.39. The van der Waals surface area contributed by atoms with Crippen molar-refractivity contribution in [1.82, 2.24) is 20.6 Å². The largest absolute Gasteiger partial charge is 0.397 e. The minimum Gasteiger partial charge on any atom is -0.397 e. The predicted molar refractivity (Wildman–Crippen MR) is 133 cm³/mol. The van der Waals surface area contributed by atoms with E-state index in [9.17, 15) is 4.79 Å². The maximum Gasteiger partial charge on any atom is 0.263 e. The summed E-state index contributed by atoms with van der Waals surface area (Å²) in [6.45, 7) is 7.28. The normalized spacial score (nSPS) is 24.2. The number of carbonyl (C=O) groups is 1. The van der Waals surface area contributed by atoms with Gasteiger partial charge in [-0.05, 0) is 68.7 Å². The Balaban J connectivity index is 1.18. The van der Waals surface area contributed by atoms with E-state index >= 15 is 0 Å². The quantitative estimate of drug-likeness (QED) is 0.554. The molecule has 4 N–H and O–H groups in total. The standard InChI is InChI=1S/C25H30N6OS/c1-13-9-14(2)28-25-21(13)22(26)23(33-25)24(32)29-17-4-5-18-15(10-17)3-6-20(30-18)31-8-7-16-11-27-12-19(16)31/h3,6,9,16-17,19,27H,4-5,7-8,10-12,26H2,1-2H3,(H,29,32)/t16-,17+,19+/m1/s1. The number of aryl methyl sites for hydroxylation is 3. The molecule has 1 aliphatic carbocycles. The van der Waals surface area contributed by atoms with Gasteiger partial charge in [0.05, 0.1) is 5.69 Å². The van der Waals surface area contributed by atoms with Crippen LogP contribution in [0, 0.1) is 19.8 Å². The van der Waals surface area contributed by atoms with Crippen molar-refractivity contribution in [3.8, 4) is 0 Å². The number of fused-ring (bicyclic) bond motifs is 3. The fourth-order valence-corrected chi connectivity index (χ4v) is 7.02. The molecule has 6 rings (SSSR count). The molecule has 2 aliphatic heterocycles. The Bertz CT molecular complexity index is 1250. The highest BCUT2D eigenvalue weighted by Crippen LogP contribution is 2.36. The molecule has 3 aromatic heterocycles. The average Bonchev–Trinajstić information content (AvgIpc) is 3.48. The van der Waals surface area contributed by atoms with Crippen molar-refractivity contribution in [3.05, 3.63) is 45.6 Å². The van der Waals surface area contributed by atoms with Gasteiger partial charge in [-0.25, -0.2) is 9.97 Å². The molecule has 3 aromatic rings. The minimum absolute atomic E-state index is 0.0910. The number of carbonyl (C=O) groups excluding carboxylic acids is 1. The molecule has 2 saturated heterocycles. The number of amides is 1. The van der Waals surface area contributed by atoms with Gasteiger partial charge in [0, 0.05) is 48.5 Å². The van der Waals surface area contributed by atoms with Crippen molar-refractivity contribution in [3.63, 3.8) is 0 Å². The molecule has 8 heteroatoms. The zero-order valence-electron chi connectivity index (χ0n) is 19.1. The zero-order valence-corrected chi connectivity index (χ0v) is 20.0. The Hall–Kier alpha value is -2.71. The van der Waals surface area contributed by atoms with Gasteiger partial charge < -0.3 is 21.3 Å². The first kappa shape index (κ1) is 20.9. The van der Waals surface area contributed by atoms with E-state index in [1.807, 2.05) is 19.9 Å². The number of anilines is 2. The van der Waals surface area contributed by atoms with E-state index in [0.717, 1.165) is 72.1 Å². The van der Waals surface area contributed by atoms with Crippen molar-refractivity contribution in [2.75, 3.05) is 30.3 Å². The maximum atomic E-state index is 13.1. The van der Waals surface area contributed by atoms with Crippen LogP contribution in [0.1, 0.15) is 45.0 Å². The minimum atomic E-state index is -0.0950. The first-order valence-electron chi connectivity index (χ1n) is 11.9. The highest BCUT2D eigenvalue weighted by Gasteiger charge is 2.38. The molecule has 33 heavy (non-hydrogen) atoms. The highest BCUT2D eigenvalue weighted by atomic mass is 32.1. The van der Waals surface area contributed by atoms with Crippen molar-refractivity contribution in [1.29, 1.82) is 0 Å². The summed E-state index contributed by atoms with van der Waals surface area (Å²) in [6.07, 6.45) is 3.84. The van der Waals surface area contributed by atoms with Gasteiger partial charge in [-0.1, -0.05) is 6.07 Å². The van der Waals surface area contributed by atoms with E-state index in [1.165, 1.54) is 29.0 Å². The van der Waals surface area contributed by atoms with Crippen molar-refractivity contribution >= 4 is 39.0 Å². The fourth-order valence-electron chi connectivity index (χ4n) is 5.91. The summed E-state index contributed by atoms with van der Waals surface area (Å²) in [5, 5.41) is 7.65. The smallest absolute Gasteiger partial charge is 0.263 e. The molecule has 3 aliphatic rings. The lowest BCUT2D eigenvalue weighted by Gasteiger charge is -2.28. The topological polar surface area (TPSA) is 96.2 Å². The van der Waals surface area contributed by atoms with E-state index in [0.29, 0.717) is 16.6 Å². The Kier molecular flexibility index (Phi) is 5.03. The average molecular weight is 463 g/mol. The van der Waals surface area contributed by atoms with E-state index < -0.39 is 0 Å². The first-order valence-corrected chi connectivity index (χ1v) is 12.7. The number of nitrogens with two attached hydrogens (primary N) is 1. The summed E-state index contributed by atoms with van der Waals surface area (Å²) in [4.78, 5) is 26.6. The second kappa shape index (κ2) is 7.95. The molecule has 3 atom stereocenters. The molecule has 0 spiro atoms. The number of nitrogens with zero attached hydrogens (tertiary/aromatic N) is 3. The molecule has 172 valence electrons. The van der Waals surface area contributed by atoms with Crippen molar-refractivity contribution in [2.24, 2.45) is 5.92 Å². The summed E-state index contributed by atoms with van der Waals surface area (Å²) in [7, 11) is 0. The number of pyridine rings is 2. The van der Waals surface area contributed by atoms with E-state index in [4.69, 9.17) is 10.7 Å². The van der Waals surface area contributed by atoms with E-state index in [-0.39, 0.29) is 11.9 Å². The number of hydrogen-bond donors (Lipinski definition) is 3. The van der Waals surface area contributed by atoms with Gasteiger partial charge in [0.15, 0.2) is 0 Å². The maximum absolute atomic E-state index is 13.1. The van der Waals surface area contributed by atoms with Gasteiger partial charge in [-0.3, -0.25) is 4.79 Å². The molecule has 0 radical (unpaired) electrons. The van der Waals surface area contributed by atoms with Gasteiger partial charge in [0.2, 0.25) is 0 Å². The number of nitrogen functional groups attached to an aromatic ring is 1. The molecule has 0 saturated carbocycles. The third-order valence-electron chi connectivity index (χ3n) is 7.55. The van der Waals surface area contributed by atoms with Crippen molar-refractivity contribution < 1.29 is 4.79 Å². The van der Waals surface area contributed by atoms with Crippen LogP contribution in [0.4, 0.5) is 11.5 Å². The van der Waals surface area contributed by atoms with E-state index in [1.54, 1.807) is 0 Å². The Morgan fingerprint density at radius 3 is 3.00 bits per heavy atom. The Labute approximate surface area is 197 Å². The number of nitrogens with one attached hydrogen (secondary N) is 2. The molecule has 0 bridgehead atoms. The molecule has 2 fully saturated rings. The van der Waals surface area contributed by atoms with Crippen LogP contribution in [0.2, 0.25) is 0 Å². The van der Waals surface area contributed by atoms with Crippen LogP contribution < -0.4 is 21.3 Å². The van der Waals surface area contributed by atoms with Crippen LogP contribution in [-0.4, -0.2) is 47.6 Å². The number of rotatable bonds is 3. The monoisotopic (exact) mass is 462 g/mol. The van der Waals surface area contributed by atoms with Crippen LogP contribution in [0.15, 0.2) is 18.2 Å². The van der Waals surface area contributed by atoms with Gasteiger partial charge in [-0.2, -0.15) is 0 Å². The van der Waals surface area contributed by atoms with E-state index in [2.05, 4.69) is 32.7 Å². The van der Waals surface area contributed by atoms with Crippen LogP contribution in [0.25, 0.3) is 10.2 Å². The first-order chi connectivity index (χ1) is 16.0. The Morgan fingerprint density at radius 2 is 2.12 bits per heavy atom. The summed E-state index contributed by atoms with van der Waals surface area (Å²) in [6, 6.07) is 7.07. The second-order valence-electron chi connectivity index (χ2n) is 9.76. The summed E-state index contributed by atoms with van der Waals surface area (Å²) in [5.74, 6) is 1.78. The molecule has 0 aromatic carbocycles. The molecular weight excluding hydrogens is 432 g/mol. The number of thiophene rings is 1. The number of hydrogen-bond acceptors (Lipinski definition) is 7.